The predicted octanol–water partition coefficient (Wildman–Crippen LogP) is 4.65. The van der Waals surface area contributed by atoms with Crippen molar-refractivity contribution < 1.29 is 13.2 Å². The Morgan fingerprint density at radius 3 is 2.85 bits per heavy atom. The molecule has 0 saturated carbocycles. The maximum absolute atomic E-state index is 13.2. The van der Waals surface area contributed by atoms with Gasteiger partial charge in [0, 0.05) is 4.88 Å². The fraction of sp³-hybridized carbons (Fsp3) is 0.368. The van der Waals surface area contributed by atoms with Crippen molar-refractivity contribution in [1.82, 2.24) is 9.55 Å². The van der Waals surface area contributed by atoms with Crippen LogP contribution in [-0.4, -0.2) is 9.55 Å². The van der Waals surface area contributed by atoms with E-state index in [-0.39, 0.29) is 17.7 Å². The molecule has 1 atom stereocenters. The molecule has 0 aliphatic heterocycles. The van der Waals surface area contributed by atoms with Crippen LogP contribution in [0.4, 0.5) is 13.2 Å². The van der Waals surface area contributed by atoms with Gasteiger partial charge in [0.15, 0.2) is 0 Å². The Morgan fingerprint density at radius 2 is 2.08 bits per heavy atom. The summed E-state index contributed by atoms with van der Waals surface area (Å²) in [6.45, 7) is 2.05. The molecule has 136 valence electrons. The topological polar surface area (TPSA) is 34.9 Å². The number of hydrogen-bond acceptors (Lipinski definition) is 3. The molecule has 4 rings (SSSR count). The van der Waals surface area contributed by atoms with Crippen molar-refractivity contribution in [3.8, 4) is 0 Å². The van der Waals surface area contributed by atoms with E-state index in [9.17, 15) is 18.0 Å². The molecule has 0 bridgehead atoms. The number of thiophene rings is 1. The van der Waals surface area contributed by atoms with Crippen molar-refractivity contribution in [3.05, 3.63) is 62.5 Å². The van der Waals surface area contributed by atoms with E-state index in [0.29, 0.717) is 16.1 Å². The van der Waals surface area contributed by atoms with Crippen molar-refractivity contribution in [2.75, 3.05) is 0 Å². The van der Waals surface area contributed by atoms with Crippen LogP contribution in [-0.2, 0) is 25.6 Å². The smallest absolute Gasteiger partial charge is 0.294 e. The number of benzene rings is 1. The predicted molar refractivity (Wildman–Crippen MR) is 95.6 cm³/mol. The van der Waals surface area contributed by atoms with Gasteiger partial charge < -0.3 is 0 Å². The maximum atomic E-state index is 13.2. The second-order valence-electron chi connectivity index (χ2n) is 6.86. The number of hydrogen-bond donors (Lipinski definition) is 0. The Bertz CT molecular complexity index is 1040. The van der Waals surface area contributed by atoms with E-state index in [1.54, 1.807) is 6.07 Å². The Morgan fingerprint density at radius 1 is 1.31 bits per heavy atom. The number of aryl methyl sites for hydroxylation is 1. The molecule has 1 aromatic carbocycles. The third-order valence-corrected chi connectivity index (χ3v) is 6.11. The molecule has 0 fully saturated rings. The molecule has 0 spiro atoms. The second kappa shape index (κ2) is 6.23. The fourth-order valence-electron chi connectivity index (χ4n) is 3.60. The molecule has 0 unspecified atom stereocenters. The molecule has 2 heterocycles. The molecule has 2 aromatic heterocycles. The van der Waals surface area contributed by atoms with Gasteiger partial charge in [-0.25, -0.2) is 4.98 Å². The molecular weight excluding hydrogens is 361 g/mol. The Kier molecular flexibility index (Phi) is 4.14. The van der Waals surface area contributed by atoms with Crippen LogP contribution in [0.15, 0.2) is 35.4 Å². The first-order valence-electron chi connectivity index (χ1n) is 8.49. The summed E-state index contributed by atoms with van der Waals surface area (Å²) in [4.78, 5) is 19.2. The maximum Gasteiger partial charge on any atom is 0.416 e. The number of aromatic nitrogens is 2. The largest absolute Gasteiger partial charge is 0.416 e. The molecule has 7 heteroatoms. The lowest BCUT2D eigenvalue weighted by Crippen LogP contribution is -2.23. The molecule has 0 saturated heterocycles. The highest BCUT2D eigenvalue weighted by molar-refractivity contribution is 7.18. The molecule has 1 aliphatic rings. The van der Waals surface area contributed by atoms with Gasteiger partial charge >= 0.3 is 6.18 Å². The van der Waals surface area contributed by atoms with E-state index >= 15 is 0 Å². The Labute approximate surface area is 152 Å². The van der Waals surface area contributed by atoms with Crippen molar-refractivity contribution in [2.45, 2.75) is 38.9 Å². The van der Waals surface area contributed by atoms with E-state index in [2.05, 4.69) is 11.9 Å². The minimum Gasteiger partial charge on any atom is -0.294 e. The van der Waals surface area contributed by atoms with Crippen LogP contribution in [0.25, 0.3) is 10.2 Å². The van der Waals surface area contributed by atoms with Crippen LogP contribution < -0.4 is 5.56 Å². The molecule has 3 aromatic rings. The van der Waals surface area contributed by atoms with Crippen LogP contribution in [0, 0.1) is 5.92 Å². The molecule has 0 amide bonds. The first-order valence-corrected chi connectivity index (χ1v) is 9.31. The minimum atomic E-state index is -4.45. The minimum absolute atomic E-state index is 0.0703. The molecule has 0 N–H and O–H groups in total. The van der Waals surface area contributed by atoms with Gasteiger partial charge in [-0.05, 0) is 42.4 Å². The van der Waals surface area contributed by atoms with Crippen LogP contribution in [0.1, 0.15) is 34.9 Å². The number of alkyl halides is 3. The summed E-state index contributed by atoms with van der Waals surface area (Å²) in [5, 5.41) is 0.587. The van der Waals surface area contributed by atoms with E-state index in [0.717, 1.165) is 30.9 Å². The van der Waals surface area contributed by atoms with Crippen molar-refractivity contribution in [3.63, 3.8) is 0 Å². The Hall–Kier alpha value is -2.15. The molecule has 3 nitrogen and oxygen atoms in total. The zero-order valence-electron chi connectivity index (χ0n) is 14.1. The average molecular weight is 378 g/mol. The van der Waals surface area contributed by atoms with Gasteiger partial charge in [-0.1, -0.05) is 25.1 Å². The number of nitrogens with zero attached hydrogens (tertiary/aromatic N) is 2. The molecule has 0 radical (unpaired) electrons. The second-order valence-corrected chi connectivity index (χ2v) is 7.95. The highest BCUT2D eigenvalue weighted by Gasteiger charge is 2.33. The lowest BCUT2D eigenvalue weighted by atomic mass is 9.89. The number of halogens is 3. The van der Waals surface area contributed by atoms with Crippen LogP contribution in [0.3, 0.4) is 0 Å². The molecule has 1 aliphatic carbocycles. The monoisotopic (exact) mass is 378 g/mol. The molecule has 26 heavy (non-hydrogen) atoms. The first-order chi connectivity index (χ1) is 12.3. The van der Waals surface area contributed by atoms with Crippen molar-refractivity contribution >= 4 is 21.6 Å². The number of fused-ring (bicyclic) bond motifs is 3. The van der Waals surface area contributed by atoms with E-state index in [1.807, 2.05) is 0 Å². The Balaban J connectivity index is 1.80. The summed E-state index contributed by atoms with van der Waals surface area (Å²) in [6, 6.07) is 5.35. The summed E-state index contributed by atoms with van der Waals surface area (Å²) in [5.74, 6) is 0.580. The molecular formula is C19H17F3N2OS. The third-order valence-electron chi connectivity index (χ3n) is 4.95. The average Bonchev–Trinajstić information content (AvgIpc) is 2.95. The van der Waals surface area contributed by atoms with Gasteiger partial charge in [0.05, 0.1) is 23.8 Å². The standard InChI is InChI=1S/C19H17F3N2OS/c1-11-6-7-13-15(8-11)26-17-16(13)18(25)24(10-23-17)9-12-4-2-3-5-14(12)19(20,21)22/h2-5,10-11H,6-9H2,1H3/t11-/m1/s1. The van der Waals surface area contributed by atoms with Gasteiger partial charge in [0.2, 0.25) is 0 Å². The zero-order valence-corrected chi connectivity index (χ0v) is 15.0. The third kappa shape index (κ3) is 2.94. The van der Waals surface area contributed by atoms with Gasteiger partial charge in [-0.3, -0.25) is 9.36 Å². The van der Waals surface area contributed by atoms with Gasteiger partial charge in [-0.15, -0.1) is 11.3 Å². The lowest BCUT2D eigenvalue weighted by Gasteiger charge is -2.17. The van der Waals surface area contributed by atoms with Crippen LogP contribution in [0.5, 0.6) is 0 Å². The highest BCUT2D eigenvalue weighted by Crippen LogP contribution is 2.36. The summed E-state index contributed by atoms with van der Waals surface area (Å²) < 4.78 is 40.9. The van der Waals surface area contributed by atoms with Crippen LogP contribution >= 0.6 is 11.3 Å². The fourth-order valence-corrected chi connectivity index (χ4v) is 4.94. The summed E-state index contributed by atoms with van der Waals surface area (Å²) in [7, 11) is 0. The van der Waals surface area contributed by atoms with Crippen LogP contribution in [0.2, 0.25) is 0 Å². The van der Waals surface area contributed by atoms with E-state index in [4.69, 9.17) is 0 Å². The highest BCUT2D eigenvalue weighted by atomic mass is 32.1. The first kappa shape index (κ1) is 17.3. The summed E-state index contributed by atoms with van der Waals surface area (Å²) in [6.07, 6.45) is -0.300. The van der Waals surface area contributed by atoms with E-state index < -0.39 is 11.7 Å². The normalized spacial score (nSPS) is 17.5. The SMILES string of the molecule is C[C@@H]1CCc2c(sc3ncn(Cc4ccccc4C(F)(F)F)c(=O)c23)C1. The number of rotatable bonds is 2. The summed E-state index contributed by atoms with van der Waals surface area (Å²) >= 11 is 1.54. The van der Waals surface area contributed by atoms with Crippen molar-refractivity contribution in [1.29, 1.82) is 0 Å². The lowest BCUT2D eigenvalue weighted by molar-refractivity contribution is -0.138. The zero-order chi connectivity index (χ0) is 18.5. The van der Waals surface area contributed by atoms with E-state index in [1.165, 1.54) is 39.2 Å². The quantitative estimate of drug-likeness (QED) is 0.651. The van der Waals surface area contributed by atoms with Gasteiger partial charge in [-0.2, -0.15) is 13.2 Å². The van der Waals surface area contributed by atoms with Gasteiger partial charge in [0.1, 0.15) is 4.83 Å². The van der Waals surface area contributed by atoms with Crippen molar-refractivity contribution in [2.24, 2.45) is 5.92 Å². The summed E-state index contributed by atoms with van der Waals surface area (Å²) in [5.41, 5.74) is 0.146. The van der Waals surface area contributed by atoms with Gasteiger partial charge in [0.25, 0.3) is 5.56 Å².